The van der Waals surface area contributed by atoms with Crippen molar-refractivity contribution in [3.63, 3.8) is 0 Å². The van der Waals surface area contributed by atoms with Crippen molar-refractivity contribution in [1.82, 2.24) is 4.98 Å². The molecule has 0 spiro atoms. The summed E-state index contributed by atoms with van der Waals surface area (Å²) < 4.78 is 0. The number of fused-ring (bicyclic) bond motifs is 3. The van der Waals surface area contributed by atoms with E-state index in [9.17, 15) is 9.90 Å². The maximum Gasteiger partial charge on any atom is 0.304 e. The standard InChI is InChI=1S/C16H18ClNO2/c1-2-16(9-13(19)20)8-4-5-10-14-11(17)6-3-7-12(14)18-15(10)16/h3,6-7,18H,2,4-5,8-9H2,1H3,(H,19,20). The first kappa shape index (κ1) is 13.5. The number of hydrogen-bond acceptors (Lipinski definition) is 1. The van der Waals surface area contributed by atoms with Crippen molar-refractivity contribution >= 4 is 28.5 Å². The molecule has 1 aliphatic carbocycles. The number of nitrogens with one attached hydrogen (secondary N) is 1. The van der Waals surface area contributed by atoms with Gasteiger partial charge < -0.3 is 10.1 Å². The molecule has 106 valence electrons. The molecule has 1 aromatic carbocycles. The molecule has 2 N–H and O–H groups in total. The fourth-order valence-electron chi connectivity index (χ4n) is 3.65. The predicted octanol–water partition coefficient (Wildman–Crippen LogP) is 4.28. The summed E-state index contributed by atoms with van der Waals surface area (Å²) in [6, 6.07) is 5.84. The SMILES string of the molecule is CCC1(CC(=O)O)CCCc2c1[nH]c1cccc(Cl)c21. The summed E-state index contributed by atoms with van der Waals surface area (Å²) in [5.74, 6) is -0.732. The smallest absolute Gasteiger partial charge is 0.304 e. The largest absolute Gasteiger partial charge is 0.481 e. The molecule has 1 aliphatic rings. The highest BCUT2D eigenvalue weighted by atomic mass is 35.5. The van der Waals surface area contributed by atoms with Crippen molar-refractivity contribution in [2.24, 2.45) is 0 Å². The molecule has 0 fully saturated rings. The third-order valence-corrected chi connectivity index (χ3v) is 4.97. The molecule has 2 aromatic rings. The van der Waals surface area contributed by atoms with Crippen LogP contribution in [-0.4, -0.2) is 16.1 Å². The minimum atomic E-state index is -0.732. The van der Waals surface area contributed by atoms with E-state index >= 15 is 0 Å². The zero-order valence-corrected chi connectivity index (χ0v) is 12.3. The lowest BCUT2D eigenvalue weighted by atomic mass is 9.69. The van der Waals surface area contributed by atoms with Crippen molar-refractivity contribution in [1.29, 1.82) is 0 Å². The van der Waals surface area contributed by atoms with Crippen LogP contribution in [0.4, 0.5) is 0 Å². The topological polar surface area (TPSA) is 53.1 Å². The van der Waals surface area contributed by atoms with Crippen LogP contribution in [0, 0.1) is 0 Å². The van der Waals surface area contributed by atoms with Gasteiger partial charge in [-0.15, -0.1) is 0 Å². The molecular formula is C16H18ClNO2. The van der Waals surface area contributed by atoms with Gasteiger partial charge in [-0.3, -0.25) is 4.79 Å². The molecule has 3 rings (SSSR count). The number of carboxylic acids is 1. The van der Waals surface area contributed by atoms with Crippen LogP contribution in [0.5, 0.6) is 0 Å². The predicted molar refractivity (Wildman–Crippen MR) is 80.5 cm³/mol. The normalized spacial score (nSPS) is 21.9. The van der Waals surface area contributed by atoms with Gasteiger partial charge in [0.05, 0.1) is 11.4 Å². The van der Waals surface area contributed by atoms with Gasteiger partial charge in [0.25, 0.3) is 0 Å². The average Bonchev–Trinajstić information content (AvgIpc) is 2.79. The number of aryl methyl sites for hydroxylation is 1. The molecule has 1 aromatic heterocycles. The van der Waals surface area contributed by atoms with Crippen LogP contribution in [0.3, 0.4) is 0 Å². The van der Waals surface area contributed by atoms with Crippen LogP contribution < -0.4 is 0 Å². The summed E-state index contributed by atoms with van der Waals surface area (Å²) in [7, 11) is 0. The minimum Gasteiger partial charge on any atom is -0.481 e. The Labute approximate surface area is 122 Å². The molecule has 0 aliphatic heterocycles. The van der Waals surface area contributed by atoms with Gasteiger partial charge in [0.1, 0.15) is 0 Å². The number of carboxylic acid groups (broad SMARTS) is 1. The summed E-state index contributed by atoms with van der Waals surface area (Å²) in [5, 5.41) is 11.1. The summed E-state index contributed by atoms with van der Waals surface area (Å²) in [6.45, 7) is 2.07. The Balaban J connectivity index is 2.25. The van der Waals surface area contributed by atoms with Crippen molar-refractivity contribution in [2.45, 2.75) is 44.4 Å². The average molecular weight is 292 g/mol. The molecule has 4 heteroatoms. The Morgan fingerprint density at radius 3 is 3.00 bits per heavy atom. The summed E-state index contributed by atoms with van der Waals surface area (Å²) in [4.78, 5) is 14.7. The maximum atomic E-state index is 11.3. The lowest BCUT2D eigenvalue weighted by molar-refractivity contribution is -0.138. The Hall–Kier alpha value is -1.48. The zero-order valence-electron chi connectivity index (χ0n) is 11.5. The van der Waals surface area contributed by atoms with Gasteiger partial charge >= 0.3 is 5.97 Å². The number of aliphatic carboxylic acids is 1. The lowest BCUT2D eigenvalue weighted by Gasteiger charge is -2.35. The van der Waals surface area contributed by atoms with Gasteiger partial charge in [-0.25, -0.2) is 0 Å². The zero-order chi connectivity index (χ0) is 14.3. The van der Waals surface area contributed by atoms with E-state index in [1.807, 2.05) is 18.2 Å². The number of halogens is 1. The van der Waals surface area contributed by atoms with Crippen molar-refractivity contribution < 1.29 is 9.90 Å². The molecule has 0 bridgehead atoms. The van der Waals surface area contributed by atoms with E-state index in [4.69, 9.17) is 11.6 Å². The first-order chi connectivity index (χ1) is 9.57. The van der Waals surface area contributed by atoms with Gasteiger partial charge in [-0.2, -0.15) is 0 Å². The molecule has 0 amide bonds. The van der Waals surface area contributed by atoms with E-state index in [0.29, 0.717) is 0 Å². The second-order valence-corrected chi connectivity index (χ2v) is 6.11. The first-order valence-corrected chi connectivity index (χ1v) is 7.46. The van der Waals surface area contributed by atoms with E-state index in [1.54, 1.807) is 0 Å². The van der Waals surface area contributed by atoms with Crippen LogP contribution in [0.15, 0.2) is 18.2 Å². The van der Waals surface area contributed by atoms with Crippen LogP contribution in [0.2, 0.25) is 5.02 Å². The number of hydrogen-bond donors (Lipinski definition) is 2. The van der Waals surface area contributed by atoms with Crippen LogP contribution in [0.25, 0.3) is 10.9 Å². The third-order valence-electron chi connectivity index (χ3n) is 4.66. The minimum absolute atomic E-state index is 0.181. The molecule has 20 heavy (non-hydrogen) atoms. The van der Waals surface area contributed by atoms with E-state index in [-0.39, 0.29) is 11.8 Å². The number of carbonyl (C=O) groups is 1. The van der Waals surface area contributed by atoms with Gasteiger partial charge in [0.15, 0.2) is 0 Å². The Bertz CT molecular complexity index is 676. The molecule has 0 radical (unpaired) electrons. The quantitative estimate of drug-likeness (QED) is 0.887. The molecular weight excluding hydrogens is 274 g/mol. The molecule has 0 saturated heterocycles. The fourth-order valence-corrected chi connectivity index (χ4v) is 3.93. The highest BCUT2D eigenvalue weighted by Crippen LogP contribution is 2.45. The number of benzene rings is 1. The van der Waals surface area contributed by atoms with Gasteiger partial charge in [0, 0.05) is 22.0 Å². The highest BCUT2D eigenvalue weighted by Gasteiger charge is 2.39. The van der Waals surface area contributed by atoms with Crippen molar-refractivity contribution in [2.75, 3.05) is 0 Å². The summed E-state index contributed by atoms with van der Waals surface area (Å²) in [5.41, 5.74) is 3.06. The van der Waals surface area contributed by atoms with Gasteiger partial charge in [-0.05, 0) is 43.4 Å². The highest BCUT2D eigenvalue weighted by molar-refractivity contribution is 6.35. The lowest BCUT2D eigenvalue weighted by Crippen LogP contribution is -2.33. The Morgan fingerprint density at radius 1 is 1.50 bits per heavy atom. The van der Waals surface area contributed by atoms with Crippen LogP contribution >= 0.6 is 11.6 Å². The van der Waals surface area contributed by atoms with Crippen LogP contribution in [-0.2, 0) is 16.6 Å². The third kappa shape index (κ3) is 1.92. The van der Waals surface area contributed by atoms with Crippen molar-refractivity contribution in [3.05, 3.63) is 34.5 Å². The van der Waals surface area contributed by atoms with Gasteiger partial charge in [0.2, 0.25) is 0 Å². The molecule has 0 saturated carbocycles. The number of rotatable bonds is 3. The van der Waals surface area contributed by atoms with Crippen molar-refractivity contribution in [3.8, 4) is 0 Å². The Kier molecular flexibility index (Phi) is 3.25. The number of aromatic amines is 1. The molecule has 1 heterocycles. The second-order valence-electron chi connectivity index (χ2n) is 5.70. The number of H-pyrrole nitrogens is 1. The molecule has 3 nitrogen and oxygen atoms in total. The molecule has 1 unspecified atom stereocenters. The Morgan fingerprint density at radius 2 is 2.30 bits per heavy atom. The van der Waals surface area contributed by atoms with E-state index in [1.165, 1.54) is 5.56 Å². The number of aromatic nitrogens is 1. The summed E-state index contributed by atoms with van der Waals surface area (Å²) >= 11 is 6.34. The maximum absolute atomic E-state index is 11.3. The van der Waals surface area contributed by atoms with E-state index < -0.39 is 5.97 Å². The summed E-state index contributed by atoms with van der Waals surface area (Å²) in [6.07, 6.45) is 3.93. The van der Waals surface area contributed by atoms with Gasteiger partial charge in [-0.1, -0.05) is 24.6 Å². The fraction of sp³-hybridized carbons (Fsp3) is 0.438. The monoisotopic (exact) mass is 291 g/mol. The second kappa shape index (κ2) is 4.81. The molecule has 1 atom stereocenters. The van der Waals surface area contributed by atoms with E-state index in [0.717, 1.165) is 47.3 Å². The van der Waals surface area contributed by atoms with E-state index in [2.05, 4.69) is 11.9 Å². The first-order valence-electron chi connectivity index (χ1n) is 7.09. The van der Waals surface area contributed by atoms with Crippen LogP contribution in [0.1, 0.15) is 43.9 Å².